The molecule has 1 heterocycles. The predicted molar refractivity (Wildman–Crippen MR) is 99.3 cm³/mol. The Morgan fingerprint density at radius 1 is 1.24 bits per heavy atom. The smallest absolute Gasteiger partial charge is 0.419 e. The molecule has 0 saturated carbocycles. The summed E-state index contributed by atoms with van der Waals surface area (Å²) in [5.41, 5.74) is 0.448. The van der Waals surface area contributed by atoms with Gasteiger partial charge in [0.25, 0.3) is 0 Å². The summed E-state index contributed by atoms with van der Waals surface area (Å²) in [4.78, 5) is 12.4. The number of aromatic nitrogens is 1. The zero-order valence-corrected chi connectivity index (χ0v) is 16.6. The van der Waals surface area contributed by atoms with E-state index >= 15 is 0 Å². The minimum absolute atomic E-state index is 0.317. The van der Waals surface area contributed by atoms with Crippen molar-refractivity contribution in [2.75, 3.05) is 0 Å². The SMILES string of the molecule is CC(C)(C)OC(=O)n1cc(I)c2c([Si](C)(C)C)cccc21. The van der Waals surface area contributed by atoms with Gasteiger partial charge in [-0.2, -0.15) is 0 Å². The lowest BCUT2D eigenvalue weighted by Crippen LogP contribution is -2.38. The van der Waals surface area contributed by atoms with Crippen LogP contribution in [0.5, 0.6) is 0 Å². The van der Waals surface area contributed by atoms with Gasteiger partial charge in [0.2, 0.25) is 0 Å². The van der Waals surface area contributed by atoms with Gasteiger partial charge in [-0.3, -0.25) is 4.57 Å². The molecule has 0 spiro atoms. The Hall–Kier alpha value is -0.823. The average molecular weight is 415 g/mol. The third kappa shape index (κ3) is 3.51. The van der Waals surface area contributed by atoms with E-state index in [2.05, 4.69) is 48.3 Å². The number of halogens is 1. The van der Waals surface area contributed by atoms with Crippen LogP contribution >= 0.6 is 22.6 Å². The summed E-state index contributed by atoms with van der Waals surface area (Å²) in [6, 6.07) is 6.22. The largest absolute Gasteiger partial charge is 0.443 e. The van der Waals surface area contributed by atoms with Crippen LogP contribution in [0.25, 0.3) is 10.9 Å². The summed E-state index contributed by atoms with van der Waals surface area (Å²) in [6.07, 6.45) is 1.56. The fraction of sp³-hybridized carbons (Fsp3) is 0.438. The maximum Gasteiger partial charge on any atom is 0.419 e. The number of hydrogen-bond donors (Lipinski definition) is 0. The second-order valence-electron chi connectivity index (χ2n) is 7.28. The molecule has 0 aliphatic rings. The zero-order valence-electron chi connectivity index (χ0n) is 13.5. The molecule has 0 N–H and O–H groups in total. The molecule has 0 unspecified atom stereocenters. The van der Waals surface area contributed by atoms with Gasteiger partial charge in [-0.05, 0) is 54.6 Å². The van der Waals surface area contributed by atoms with Crippen molar-refractivity contribution in [3.8, 4) is 0 Å². The fourth-order valence-electron chi connectivity index (χ4n) is 2.33. The van der Waals surface area contributed by atoms with Crippen LogP contribution in [-0.4, -0.2) is 24.3 Å². The average Bonchev–Trinajstić information content (AvgIpc) is 2.64. The second kappa shape index (κ2) is 5.42. The first-order chi connectivity index (χ1) is 9.50. The highest BCUT2D eigenvalue weighted by Crippen LogP contribution is 2.25. The van der Waals surface area contributed by atoms with E-state index < -0.39 is 13.7 Å². The van der Waals surface area contributed by atoms with E-state index in [0.717, 1.165) is 9.09 Å². The molecule has 0 saturated heterocycles. The van der Waals surface area contributed by atoms with E-state index in [4.69, 9.17) is 4.74 Å². The maximum absolute atomic E-state index is 12.4. The molecule has 0 aliphatic carbocycles. The number of benzene rings is 1. The maximum atomic E-state index is 12.4. The first-order valence-electron chi connectivity index (χ1n) is 7.04. The molecule has 0 radical (unpaired) electrons. The molecule has 5 heteroatoms. The summed E-state index contributed by atoms with van der Waals surface area (Å²) < 4.78 is 8.24. The fourth-order valence-corrected chi connectivity index (χ4v) is 5.04. The molecular weight excluding hydrogens is 393 g/mol. The molecule has 2 aromatic rings. The van der Waals surface area contributed by atoms with Crippen LogP contribution in [0.2, 0.25) is 19.6 Å². The van der Waals surface area contributed by atoms with Gasteiger partial charge in [0.15, 0.2) is 0 Å². The van der Waals surface area contributed by atoms with E-state index in [9.17, 15) is 4.79 Å². The van der Waals surface area contributed by atoms with Gasteiger partial charge in [0.1, 0.15) is 5.60 Å². The van der Waals surface area contributed by atoms with Crippen molar-refractivity contribution in [1.82, 2.24) is 4.57 Å². The first kappa shape index (κ1) is 16.5. The highest BCUT2D eigenvalue weighted by molar-refractivity contribution is 14.1. The zero-order chi connectivity index (χ0) is 16.0. The van der Waals surface area contributed by atoms with Crippen molar-refractivity contribution < 1.29 is 9.53 Å². The Kier molecular flexibility index (Phi) is 4.27. The van der Waals surface area contributed by atoms with Crippen LogP contribution in [0, 0.1) is 3.57 Å². The Bertz CT molecular complexity index is 693. The molecule has 1 aromatic heterocycles. The highest BCUT2D eigenvalue weighted by Gasteiger charge is 2.25. The number of hydrogen-bond acceptors (Lipinski definition) is 2. The summed E-state index contributed by atoms with van der Waals surface area (Å²) in [5.74, 6) is 0. The first-order valence-corrected chi connectivity index (χ1v) is 11.6. The Labute approximate surface area is 140 Å². The molecule has 21 heavy (non-hydrogen) atoms. The van der Waals surface area contributed by atoms with E-state index in [1.807, 2.05) is 39.1 Å². The van der Waals surface area contributed by atoms with Gasteiger partial charge in [0.05, 0.1) is 13.6 Å². The molecule has 3 nitrogen and oxygen atoms in total. The number of rotatable bonds is 1. The van der Waals surface area contributed by atoms with Crippen LogP contribution in [0.3, 0.4) is 0 Å². The van der Waals surface area contributed by atoms with Crippen LogP contribution < -0.4 is 5.19 Å². The number of carbonyl (C=O) groups excluding carboxylic acids is 1. The van der Waals surface area contributed by atoms with Gasteiger partial charge in [-0.15, -0.1) is 0 Å². The molecule has 1 aromatic carbocycles. The van der Waals surface area contributed by atoms with E-state index in [1.165, 1.54) is 10.6 Å². The minimum atomic E-state index is -1.47. The summed E-state index contributed by atoms with van der Waals surface area (Å²) in [6.45, 7) is 12.6. The Morgan fingerprint density at radius 2 is 1.86 bits per heavy atom. The summed E-state index contributed by atoms with van der Waals surface area (Å²) in [7, 11) is -1.47. The van der Waals surface area contributed by atoms with Crippen molar-refractivity contribution in [3.63, 3.8) is 0 Å². The van der Waals surface area contributed by atoms with Crippen LogP contribution in [0.4, 0.5) is 4.79 Å². The molecule has 0 bridgehead atoms. The monoisotopic (exact) mass is 415 g/mol. The quantitative estimate of drug-likeness (QED) is 0.505. The van der Waals surface area contributed by atoms with Gasteiger partial charge >= 0.3 is 6.09 Å². The van der Waals surface area contributed by atoms with Crippen molar-refractivity contribution in [2.45, 2.75) is 46.0 Å². The van der Waals surface area contributed by atoms with Crippen molar-refractivity contribution in [1.29, 1.82) is 0 Å². The topological polar surface area (TPSA) is 31.2 Å². The number of ether oxygens (including phenoxy) is 1. The second-order valence-corrected chi connectivity index (χ2v) is 13.5. The highest BCUT2D eigenvalue weighted by atomic mass is 127. The van der Waals surface area contributed by atoms with Crippen LogP contribution in [-0.2, 0) is 4.74 Å². The summed E-state index contributed by atoms with van der Waals surface area (Å²) >= 11 is 2.31. The van der Waals surface area contributed by atoms with E-state index in [-0.39, 0.29) is 6.09 Å². The molecule has 0 atom stereocenters. The van der Waals surface area contributed by atoms with E-state index in [0.29, 0.717) is 0 Å². The summed E-state index contributed by atoms with van der Waals surface area (Å²) in [5, 5.41) is 2.58. The lowest BCUT2D eigenvalue weighted by atomic mass is 10.2. The Morgan fingerprint density at radius 3 is 2.38 bits per heavy atom. The third-order valence-corrected chi connectivity index (χ3v) is 6.03. The standard InChI is InChI=1S/C16H22INO2Si/c1-16(2,3)20-15(19)18-10-11(17)14-12(18)8-7-9-13(14)21(4,5)6/h7-10H,1-6H3. The molecule has 0 amide bonds. The van der Waals surface area contributed by atoms with E-state index in [1.54, 1.807) is 4.57 Å². The number of nitrogens with zero attached hydrogens (tertiary/aromatic N) is 1. The number of carbonyl (C=O) groups is 1. The van der Waals surface area contributed by atoms with Crippen LogP contribution in [0.15, 0.2) is 24.4 Å². The number of fused-ring (bicyclic) bond motifs is 1. The molecule has 0 aliphatic heterocycles. The van der Waals surface area contributed by atoms with Crippen molar-refractivity contribution in [2.24, 2.45) is 0 Å². The third-order valence-electron chi connectivity index (χ3n) is 3.18. The lowest BCUT2D eigenvalue weighted by Gasteiger charge is -2.20. The molecule has 2 rings (SSSR count). The molecule has 0 fully saturated rings. The molecular formula is C16H22INO2Si. The van der Waals surface area contributed by atoms with Crippen molar-refractivity contribution in [3.05, 3.63) is 28.0 Å². The van der Waals surface area contributed by atoms with Crippen molar-refractivity contribution >= 4 is 52.8 Å². The van der Waals surface area contributed by atoms with Gasteiger partial charge in [-0.25, -0.2) is 4.79 Å². The minimum Gasteiger partial charge on any atom is -0.443 e. The van der Waals surface area contributed by atoms with Gasteiger partial charge in [-0.1, -0.05) is 31.8 Å². The predicted octanol–water partition coefficient (Wildman–Crippen LogP) is 4.57. The normalized spacial score (nSPS) is 12.7. The van der Waals surface area contributed by atoms with Gasteiger partial charge in [0, 0.05) is 15.2 Å². The lowest BCUT2D eigenvalue weighted by molar-refractivity contribution is 0.0544. The van der Waals surface area contributed by atoms with Crippen LogP contribution in [0.1, 0.15) is 20.8 Å². The van der Waals surface area contributed by atoms with Gasteiger partial charge < -0.3 is 4.74 Å². The Balaban J connectivity index is 2.62. The molecule has 114 valence electrons.